The van der Waals surface area contributed by atoms with Crippen LogP contribution in [0, 0.1) is 6.92 Å². The average molecular weight is 408 g/mol. The number of nitrogens with zero attached hydrogens (tertiary/aromatic N) is 5. The second kappa shape index (κ2) is 9.13. The maximum atomic E-state index is 12.9. The van der Waals surface area contributed by atoms with Crippen molar-refractivity contribution < 1.29 is 4.79 Å². The number of benzene rings is 1. The number of carbonyl (C=O) groups excluding carboxylic acids is 1. The molecule has 2 aliphatic heterocycles. The van der Waals surface area contributed by atoms with E-state index in [9.17, 15) is 4.79 Å². The molecule has 6 heteroatoms. The highest BCUT2D eigenvalue weighted by molar-refractivity contribution is 5.78. The molecule has 0 spiro atoms. The molecule has 0 radical (unpaired) electrons. The number of aromatic nitrogens is 2. The molecule has 0 saturated carbocycles. The first-order valence-electron chi connectivity index (χ1n) is 11.1. The van der Waals surface area contributed by atoms with Crippen LogP contribution in [-0.4, -0.2) is 59.4 Å². The number of likely N-dealkylation sites (tertiary alicyclic amines) is 1. The number of piperidine rings is 1. The molecule has 0 bridgehead atoms. The molecule has 1 saturated heterocycles. The van der Waals surface area contributed by atoms with Crippen molar-refractivity contribution in [2.45, 2.75) is 51.6 Å². The molecule has 1 atom stereocenters. The van der Waals surface area contributed by atoms with E-state index in [-0.39, 0.29) is 11.9 Å². The minimum atomic E-state index is -0.0179. The van der Waals surface area contributed by atoms with Crippen LogP contribution in [0.3, 0.4) is 0 Å². The van der Waals surface area contributed by atoms with E-state index in [2.05, 4.69) is 42.2 Å². The van der Waals surface area contributed by atoms with E-state index in [1.54, 1.807) is 0 Å². The lowest BCUT2D eigenvalue weighted by atomic mass is 9.99. The molecule has 1 aromatic carbocycles. The van der Waals surface area contributed by atoms with Gasteiger partial charge in [0.05, 0.1) is 12.6 Å². The van der Waals surface area contributed by atoms with Crippen LogP contribution in [0.15, 0.2) is 30.3 Å². The molecule has 30 heavy (non-hydrogen) atoms. The fourth-order valence-corrected chi connectivity index (χ4v) is 4.68. The van der Waals surface area contributed by atoms with Crippen molar-refractivity contribution in [3.05, 3.63) is 53.0 Å². The monoisotopic (exact) mass is 407 g/mol. The van der Waals surface area contributed by atoms with E-state index >= 15 is 0 Å². The van der Waals surface area contributed by atoms with E-state index in [1.807, 2.05) is 23.9 Å². The fraction of sp³-hybridized carbons (Fsp3) is 0.542. The molecule has 0 unspecified atom stereocenters. The van der Waals surface area contributed by atoms with E-state index in [1.165, 1.54) is 11.1 Å². The van der Waals surface area contributed by atoms with E-state index < -0.39 is 0 Å². The number of likely N-dealkylation sites (N-methyl/N-ethyl adjacent to an activating group) is 1. The Morgan fingerprint density at radius 1 is 1.10 bits per heavy atom. The van der Waals surface area contributed by atoms with Gasteiger partial charge in [-0.05, 0) is 58.7 Å². The quantitative estimate of drug-likeness (QED) is 0.761. The predicted molar refractivity (Wildman–Crippen MR) is 119 cm³/mol. The Labute approximate surface area is 179 Å². The summed E-state index contributed by atoms with van der Waals surface area (Å²) in [5.41, 5.74) is 3.63. The third-order valence-corrected chi connectivity index (χ3v) is 6.15. The zero-order valence-corrected chi connectivity index (χ0v) is 18.5. The van der Waals surface area contributed by atoms with Gasteiger partial charge in [0.2, 0.25) is 5.91 Å². The zero-order valence-electron chi connectivity index (χ0n) is 18.5. The fourth-order valence-electron chi connectivity index (χ4n) is 4.68. The molecular weight excluding hydrogens is 374 g/mol. The van der Waals surface area contributed by atoms with Gasteiger partial charge in [-0.25, -0.2) is 9.97 Å². The third-order valence-electron chi connectivity index (χ3n) is 6.15. The number of carbonyl (C=O) groups is 1. The number of anilines is 1. The number of fused-ring (bicyclic) bond motifs is 1. The van der Waals surface area contributed by atoms with Crippen molar-refractivity contribution in [2.75, 3.05) is 38.6 Å². The third kappa shape index (κ3) is 4.48. The lowest BCUT2D eigenvalue weighted by molar-refractivity contribution is -0.135. The Kier molecular flexibility index (Phi) is 6.32. The van der Waals surface area contributed by atoms with Crippen molar-refractivity contribution in [3.63, 3.8) is 0 Å². The number of hydrogen-bond acceptors (Lipinski definition) is 5. The summed E-state index contributed by atoms with van der Waals surface area (Å²) < 4.78 is 0. The maximum Gasteiger partial charge on any atom is 0.237 e. The molecular formula is C24H33N5O. The highest BCUT2D eigenvalue weighted by atomic mass is 16.2. The first-order chi connectivity index (χ1) is 14.5. The normalized spacial score (nSPS) is 19.1. The van der Waals surface area contributed by atoms with Gasteiger partial charge in [0.1, 0.15) is 5.82 Å². The van der Waals surface area contributed by atoms with Gasteiger partial charge >= 0.3 is 0 Å². The second-order valence-corrected chi connectivity index (χ2v) is 8.82. The average Bonchev–Trinajstić information content (AvgIpc) is 2.74. The lowest BCUT2D eigenvalue weighted by Crippen LogP contribution is -2.43. The number of hydrogen-bond donors (Lipinski definition) is 0. The Morgan fingerprint density at radius 2 is 1.90 bits per heavy atom. The Hall–Kier alpha value is -2.47. The van der Waals surface area contributed by atoms with Crippen LogP contribution in [0.4, 0.5) is 5.82 Å². The van der Waals surface area contributed by atoms with Gasteiger partial charge in [-0.1, -0.05) is 30.3 Å². The summed E-state index contributed by atoms with van der Waals surface area (Å²) in [5.74, 6) is 2.06. The summed E-state index contributed by atoms with van der Waals surface area (Å²) >= 11 is 0. The van der Waals surface area contributed by atoms with Gasteiger partial charge in [0.15, 0.2) is 5.82 Å². The zero-order chi connectivity index (χ0) is 21.1. The number of aryl methyl sites for hydroxylation is 1. The van der Waals surface area contributed by atoms with Crippen molar-refractivity contribution in [1.82, 2.24) is 19.8 Å². The molecule has 1 aromatic heterocycles. The molecule has 1 fully saturated rings. The van der Waals surface area contributed by atoms with E-state index in [0.29, 0.717) is 6.54 Å². The molecule has 160 valence electrons. The van der Waals surface area contributed by atoms with E-state index in [4.69, 9.17) is 9.97 Å². The van der Waals surface area contributed by atoms with Crippen LogP contribution in [0.5, 0.6) is 0 Å². The highest BCUT2D eigenvalue weighted by Crippen LogP contribution is 2.34. The van der Waals surface area contributed by atoms with Crippen molar-refractivity contribution in [1.29, 1.82) is 0 Å². The topological polar surface area (TPSA) is 52.6 Å². The lowest BCUT2D eigenvalue weighted by Gasteiger charge is -2.37. The summed E-state index contributed by atoms with van der Waals surface area (Å²) in [4.78, 5) is 29.2. The summed E-state index contributed by atoms with van der Waals surface area (Å²) in [6.07, 6.45) is 5.26. The Bertz CT molecular complexity index is 883. The Morgan fingerprint density at radius 3 is 2.67 bits per heavy atom. The summed E-state index contributed by atoms with van der Waals surface area (Å²) in [6.45, 7) is 5.19. The highest BCUT2D eigenvalue weighted by Gasteiger charge is 2.32. The van der Waals surface area contributed by atoms with Crippen LogP contribution in [0.2, 0.25) is 0 Å². The molecule has 6 nitrogen and oxygen atoms in total. The smallest absolute Gasteiger partial charge is 0.237 e. The molecule has 2 aliphatic rings. The minimum absolute atomic E-state index is 0.0179. The van der Waals surface area contributed by atoms with Crippen molar-refractivity contribution in [2.24, 2.45) is 0 Å². The minimum Gasteiger partial charge on any atom is -0.352 e. The standard InChI is InChI=1S/C24H33N5O/c1-18-20-12-9-14-28(16-19-10-5-4-6-11-19)24(20)26-23(25-18)21-13-7-8-15-29(21)22(30)17-27(2)3/h4-6,10-11,21H,7-9,12-17H2,1-3H3/t21-/m0/s1. The second-order valence-electron chi connectivity index (χ2n) is 8.82. The van der Waals surface area contributed by atoms with Crippen LogP contribution < -0.4 is 4.90 Å². The van der Waals surface area contributed by atoms with Gasteiger partial charge < -0.3 is 14.7 Å². The van der Waals surface area contributed by atoms with Gasteiger partial charge in [-0.15, -0.1) is 0 Å². The van der Waals surface area contributed by atoms with Crippen LogP contribution in [-0.2, 0) is 17.8 Å². The summed E-state index contributed by atoms with van der Waals surface area (Å²) in [6, 6.07) is 10.6. The van der Waals surface area contributed by atoms with Gasteiger partial charge in [0.25, 0.3) is 0 Å². The van der Waals surface area contributed by atoms with Gasteiger partial charge in [-0.2, -0.15) is 0 Å². The van der Waals surface area contributed by atoms with Crippen molar-refractivity contribution in [3.8, 4) is 0 Å². The van der Waals surface area contributed by atoms with Gasteiger partial charge in [0, 0.05) is 30.9 Å². The SMILES string of the molecule is Cc1nc([C@@H]2CCCCN2C(=O)CN(C)C)nc2c1CCCN2Cc1ccccc1. The van der Waals surface area contributed by atoms with Crippen LogP contribution in [0.1, 0.15) is 54.4 Å². The van der Waals surface area contributed by atoms with Gasteiger partial charge in [-0.3, -0.25) is 4.79 Å². The number of amides is 1. The predicted octanol–water partition coefficient (Wildman–Crippen LogP) is 3.35. The molecule has 4 rings (SSSR count). The molecule has 2 aromatic rings. The van der Waals surface area contributed by atoms with Crippen LogP contribution >= 0.6 is 0 Å². The first kappa shape index (κ1) is 20.8. The maximum absolute atomic E-state index is 12.9. The van der Waals surface area contributed by atoms with Crippen molar-refractivity contribution >= 4 is 11.7 Å². The summed E-state index contributed by atoms with van der Waals surface area (Å²) in [5, 5.41) is 0. The molecule has 0 aliphatic carbocycles. The largest absolute Gasteiger partial charge is 0.352 e. The van der Waals surface area contributed by atoms with E-state index in [0.717, 1.165) is 69.1 Å². The molecule has 1 amide bonds. The molecule has 0 N–H and O–H groups in total. The molecule has 3 heterocycles. The summed E-state index contributed by atoms with van der Waals surface area (Å²) in [7, 11) is 3.88. The Balaban J connectivity index is 1.65. The first-order valence-corrected chi connectivity index (χ1v) is 11.1. The number of rotatable bonds is 5. The van der Waals surface area contributed by atoms with Crippen LogP contribution in [0.25, 0.3) is 0 Å².